The fourth-order valence-electron chi connectivity index (χ4n) is 3.52. The number of ether oxygens (including phenoxy) is 2. The Bertz CT molecular complexity index is 1140. The zero-order chi connectivity index (χ0) is 26.5. The molecule has 1 heterocycles. The smallest absolute Gasteiger partial charge is 0.416 e. The molecule has 1 aliphatic heterocycles. The lowest BCUT2D eigenvalue weighted by atomic mass is 10.1. The van der Waals surface area contributed by atoms with Crippen molar-refractivity contribution in [2.24, 2.45) is 0 Å². The second-order valence-corrected chi connectivity index (χ2v) is 8.21. The van der Waals surface area contributed by atoms with Gasteiger partial charge in [0.2, 0.25) is 5.91 Å². The predicted molar refractivity (Wildman–Crippen MR) is 130 cm³/mol. The van der Waals surface area contributed by atoms with E-state index in [2.05, 4.69) is 10.1 Å². The summed E-state index contributed by atoms with van der Waals surface area (Å²) in [4.78, 5) is 40.0. The van der Waals surface area contributed by atoms with Gasteiger partial charge in [-0.2, -0.15) is 13.2 Å². The Morgan fingerprint density at radius 1 is 1.14 bits per heavy atom. The average Bonchev–Trinajstić information content (AvgIpc) is 3.06. The van der Waals surface area contributed by atoms with Gasteiger partial charge in [-0.05, 0) is 61.1 Å². The topological polar surface area (TPSA) is 88.2 Å². The maximum atomic E-state index is 13.3. The van der Waals surface area contributed by atoms with Crippen LogP contribution >= 0.6 is 12.2 Å². The van der Waals surface area contributed by atoms with E-state index in [1.807, 2.05) is 6.92 Å². The number of hydrogen-bond donors (Lipinski definition) is 1. The first-order chi connectivity index (χ1) is 17.0. The van der Waals surface area contributed by atoms with Crippen LogP contribution in [0, 0.1) is 0 Å². The molecule has 0 aliphatic carbocycles. The van der Waals surface area contributed by atoms with Crippen molar-refractivity contribution in [2.45, 2.75) is 32.0 Å². The highest BCUT2D eigenvalue weighted by Crippen LogP contribution is 2.34. The summed E-state index contributed by atoms with van der Waals surface area (Å²) in [6, 6.07) is 9.48. The van der Waals surface area contributed by atoms with Gasteiger partial charge < -0.3 is 19.7 Å². The third kappa shape index (κ3) is 6.30. The third-order valence-corrected chi connectivity index (χ3v) is 5.68. The first kappa shape index (κ1) is 26.9. The van der Waals surface area contributed by atoms with Crippen LogP contribution in [0.4, 0.5) is 24.5 Å². The van der Waals surface area contributed by atoms with Gasteiger partial charge in [-0.1, -0.05) is 13.0 Å². The van der Waals surface area contributed by atoms with Crippen molar-refractivity contribution in [3.8, 4) is 5.75 Å². The quantitative estimate of drug-likeness (QED) is 0.393. The van der Waals surface area contributed by atoms with Crippen LogP contribution in [0.2, 0.25) is 0 Å². The minimum atomic E-state index is -4.64. The van der Waals surface area contributed by atoms with E-state index in [0.29, 0.717) is 18.0 Å². The molecule has 3 rings (SSSR count). The van der Waals surface area contributed by atoms with Crippen LogP contribution in [0.1, 0.15) is 25.3 Å². The van der Waals surface area contributed by atoms with Gasteiger partial charge in [-0.25, -0.2) is 0 Å². The van der Waals surface area contributed by atoms with Crippen molar-refractivity contribution >= 4 is 46.5 Å². The van der Waals surface area contributed by atoms with Crippen LogP contribution in [0.3, 0.4) is 0 Å². The molecule has 2 aromatic carbocycles. The summed E-state index contributed by atoms with van der Waals surface area (Å²) < 4.78 is 49.8. The monoisotopic (exact) mass is 523 g/mol. The Labute approximate surface area is 210 Å². The van der Waals surface area contributed by atoms with E-state index < -0.39 is 48.5 Å². The SMILES string of the molecule is CCCOc1ccc(NC(=O)C[C@H]2C(=O)N(c3cccc(C(F)(F)F)c3)C(=S)N2CC(=O)OC)cc1. The Morgan fingerprint density at radius 2 is 1.83 bits per heavy atom. The maximum Gasteiger partial charge on any atom is 0.416 e. The predicted octanol–water partition coefficient (Wildman–Crippen LogP) is 4.00. The van der Waals surface area contributed by atoms with E-state index in [9.17, 15) is 27.6 Å². The van der Waals surface area contributed by atoms with Crippen LogP contribution in [-0.4, -0.2) is 54.1 Å². The molecule has 12 heteroatoms. The van der Waals surface area contributed by atoms with Gasteiger partial charge in [0.1, 0.15) is 18.3 Å². The normalized spacial score (nSPS) is 15.8. The molecule has 1 aliphatic rings. The number of nitrogens with one attached hydrogen (secondary N) is 1. The first-order valence-corrected chi connectivity index (χ1v) is 11.4. The number of alkyl halides is 3. The van der Waals surface area contributed by atoms with Crippen LogP contribution in [0.5, 0.6) is 5.75 Å². The molecule has 36 heavy (non-hydrogen) atoms. The van der Waals surface area contributed by atoms with Gasteiger partial charge in [0.15, 0.2) is 5.11 Å². The number of hydrogen-bond acceptors (Lipinski definition) is 6. The molecule has 1 fully saturated rings. The van der Waals surface area contributed by atoms with E-state index in [1.54, 1.807) is 24.3 Å². The number of carbonyl (C=O) groups is 3. The Hall–Kier alpha value is -3.67. The van der Waals surface area contributed by atoms with Crippen LogP contribution in [0.25, 0.3) is 0 Å². The molecule has 0 bridgehead atoms. The number of methoxy groups -OCH3 is 1. The number of halogens is 3. The number of nitrogens with zero attached hydrogens (tertiary/aromatic N) is 2. The summed E-state index contributed by atoms with van der Waals surface area (Å²) in [6.07, 6.45) is -4.20. The van der Waals surface area contributed by atoms with Gasteiger partial charge >= 0.3 is 12.1 Å². The van der Waals surface area contributed by atoms with E-state index in [-0.39, 0.29) is 10.8 Å². The van der Waals surface area contributed by atoms with Crippen molar-refractivity contribution in [2.75, 3.05) is 30.5 Å². The lowest BCUT2D eigenvalue weighted by molar-refractivity contribution is -0.142. The van der Waals surface area contributed by atoms with Gasteiger partial charge in [0.05, 0.1) is 31.4 Å². The molecule has 192 valence electrons. The van der Waals surface area contributed by atoms with Gasteiger partial charge in [0.25, 0.3) is 5.91 Å². The summed E-state index contributed by atoms with van der Waals surface area (Å²) in [5.74, 6) is -1.39. The standard InChI is InChI=1S/C24H24F3N3O5S/c1-3-11-35-18-9-7-16(8-10-18)28-20(31)13-19-22(33)30(23(36)29(19)14-21(32)34-2)17-6-4-5-15(12-17)24(25,26)27/h4-10,12,19H,3,11,13-14H2,1-2H3,(H,28,31)/t19-/m0/s1. The van der Waals surface area contributed by atoms with Crippen molar-refractivity contribution < 1.29 is 37.0 Å². The second-order valence-electron chi connectivity index (χ2n) is 7.85. The molecule has 0 aromatic heterocycles. The number of amides is 2. The van der Waals surface area contributed by atoms with E-state index in [0.717, 1.165) is 36.6 Å². The highest BCUT2D eigenvalue weighted by molar-refractivity contribution is 7.80. The van der Waals surface area contributed by atoms with Crippen molar-refractivity contribution in [3.05, 3.63) is 54.1 Å². The summed E-state index contributed by atoms with van der Waals surface area (Å²) in [7, 11) is 1.14. The molecule has 1 saturated heterocycles. The van der Waals surface area contributed by atoms with E-state index in [1.165, 1.54) is 11.0 Å². The fourth-order valence-corrected chi connectivity index (χ4v) is 3.91. The van der Waals surface area contributed by atoms with Gasteiger partial charge in [0, 0.05) is 5.69 Å². The number of anilines is 2. The Balaban J connectivity index is 1.81. The van der Waals surface area contributed by atoms with Crippen molar-refractivity contribution in [3.63, 3.8) is 0 Å². The molecule has 2 aromatic rings. The number of thiocarbonyl (C=S) groups is 1. The highest BCUT2D eigenvalue weighted by atomic mass is 32.1. The Morgan fingerprint density at radius 3 is 2.44 bits per heavy atom. The largest absolute Gasteiger partial charge is 0.494 e. The Kier molecular flexibility index (Phi) is 8.51. The lowest BCUT2D eigenvalue weighted by Gasteiger charge is -2.22. The zero-order valence-electron chi connectivity index (χ0n) is 19.5. The van der Waals surface area contributed by atoms with E-state index in [4.69, 9.17) is 17.0 Å². The van der Waals surface area contributed by atoms with Gasteiger partial charge in [-0.15, -0.1) is 0 Å². The molecule has 0 radical (unpaired) electrons. The maximum absolute atomic E-state index is 13.3. The molecule has 1 atom stereocenters. The van der Waals surface area contributed by atoms with Crippen LogP contribution in [-0.2, 0) is 25.3 Å². The number of esters is 1. The second kappa shape index (κ2) is 11.4. The van der Waals surface area contributed by atoms with Gasteiger partial charge in [-0.3, -0.25) is 19.3 Å². The summed E-state index contributed by atoms with van der Waals surface area (Å²) in [5.41, 5.74) is -0.644. The van der Waals surface area contributed by atoms with Crippen molar-refractivity contribution in [1.29, 1.82) is 0 Å². The zero-order valence-corrected chi connectivity index (χ0v) is 20.3. The lowest BCUT2D eigenvalue weighted by Crippen LogP contribution is -2.41. The molecule has 8 nitrogen and oxygen atoms in total. The minimum absolute atomic E-state index is 0.125. The molecule has 0 unspecified atom stereocenters. The summed E-state index contributed by atoms with van der Waals surface area (Å²) >= 11 is 5.33. The molecule has 0 spiro atoms. The number of rotatable bonds is 9. The summed E-state index contributed by atoms with van der Waals surface area (Å²) in [5, 5.41) is 2.45. The number of benzene rings is 2. The molecule has 0 saturated carbocycles. The third-order valence-electron chi connectivity index (χ3n) is 5.27. The summed E-state index contributed by atoms with van der Waals surface area (Å²) in [6.45, 7) is 2.06. The minimum Gasteiger partial charge on any atom is -0.494 e. The number of carbonyl (C=O) groups excluding carboxylic acids is 3. The van der Waals surface area contributed by atoms with Crippen LogP contribution < -0.4 is 15.0 Å². The molecular formula is C24H24F3N3O5S. The molecular weight excluding hydrogens is 499 g/mol. The molecule has 2 amide bonds. The molecule has 1 N–H and O–H groups in total. The average molecular weight is 524 g/mol. The van der Waals surface area contributed by atoms with E-state index >= 15 is 0 Å². The highest BCUT2D eigenvalue weighted by Gasteiger charge is 2.45. The van der Waals surface area contributed by atoms with Crippen LogP contribution in [0.15, 0.2) is 48.5 Å². The van der Waals surface area contributed by atoms with Crippen molar-refractivity contribution in [1.82, 2.24) is 4.90 Å². The first-order valence-electron chi connectivity index (χ1n) is 11.0. The fraction of sp³-hybridized carbons (Fsp3) is 0.333.